The van der Waals surface area contributed by atoms with E-state index in [4.69, 9.17) is 0 Å². The highest BCUT2D eigenvalue weighted by atomic mass is 16.2. The van der Waals surface area contributed by atoms with Crippen molar-refractivity contribution in [3.8, 4) is 0 Å². The second-order valence-electron chi connectivity index (χ2n) is 3.78. The third kappa shape index (κ3) is 2.57. The Kier molecular flexibility index (Phi) is 3.15. The van der Waals surface area contributed by atoms with E-state index >= 15 is 0 Å². The number of rotatable bonds is 3. The van der Waals surface area contributed by atoms with E-state index in [9.17, 15) is 4.79 Å². The smallest absolute Gasteiger partial charge is 0.247 e. The van der Waals surface area contributed by atoms with Crippen LogP contribution in [0.4, 0.5) is 0 Å². The molecule has 0 aliphatic heterocycles. The van der Waals surface area contributed by atoms with E-state index in [2.05, 4.69) is 5.10 Å². The van der Waals surface area contributed by atoms with Crippen molar-refractivity contribution in [1.82, 2.24) is 9.78 Å². The molecule has 0 radical (unpaired) electrons. The maximum Gasteiger partial charge on any atom is 0.247 e. The second-order valence-corrected chi connectivity index (χ2v) is 3.78. The summed E-state index contributed by atoms with van der Waals surface area (Å²) in [6.45, 7) is 1.88. The first-order valence-electron chi connectivity index (χ1n) is 5.35. The van der Waals surface area contributed by atoms with Gasteiger partial charge in [0.2, 0.25) is 5.91 Å². The van der Waals surface area contributed by atoms with Crippen LogP contribution in [0.3, 0.4) is 0 Å². The zero-order valence-corrected chi connectivity index (χ0v) is 9.26. The molecule has 1 heterocycles. The minimum atomic E-state index is 0.0388. The first-order chi connectivity index (χ1) is 7.75. The lowest BCUT2D eigenvalue weighted by molar-refractivity contribution is 0.0886. The molecule has 0 bridgehead atoms. The van der Waals surface area contributed by atoms with Crippen LogP contribution in [0.15, 0.2) is 42.6 Å². The summed E-state index contributed by atoms with van der Waals surface area (Å²) < 4.78 is 1.41. The highest BCUT2D eigenvalue weighted by molar-refractivity contribution is 5.78. The molecular formula is C13H14N2O. The van der Waals surface area contributed by atoms with Gasteiger partial charge in [-0.05, 0) is 25.0 Å². The van der Waals surface area contributed by atoms with E-state index in [-0.39, 0.29) is 5.91 Å². The lowest BCUT2D eigenvalue weighted by Gasteiger charge is -2.01. The summed E-state index contributed by atoms with van der Waals surface area (Å²) >= 11 is 0. The molecule has 1 aromatic heterocycles. The zero-order chi connectivity index (χ0) is 11.4. The van der Waals surface area contributed by atoms with Crippen molar-refractivity contribution in [2.24, 2.45) is 0 Å². The molecule has 0 aliphatic carbocycles. The Balaban J connectivity index is 1.94. The van der Waals surface area contributed by atoms with Crippen molar-refractivity contribution in [3.63, 3.8) is 0 Å². The highest BCUT2D eigenvalue weighted by Gasteiger charge is 2.05. The number of carbonyl (C=O) groups excluding carboxylic acids is 1. The number of carbonyl (C=O) groups is 1. The van der Waals surface area contributed by atoms with Crippen molar-refractivity contribution >= 4 is 5.91 Å². The summed E-state index contributed by atoms with van der Waals surface area (Å²) in [5.41, 5.74) is 2.05. The molecule has 0 N–H and O–H groups in total. The van der Waals surface area contributed by atoms with E-state index in [0.717, 1.165) is 12.1 Å². The molecular weight excluding hydrogens is 200 g/mol. The number of hydrogen-bond acceptors (Lipinski definition) is 2. The molecule has 0 aliphatic rings. The summed E-state index contributed by atoms with van der Waals surface area (Å²) in [6.07, 6.45) is 2.96. The summed E-state index contributed by atoms with van der Waals surface area (Å²) in [5, 5.41) is 4.09. The van der Waals surface area contributed by atoms with Crippen LogP contribution in [-0.4, -0.2) is 15.7 Å². The fourth-order valence-corrected chi connectivity index (χ4v) is 1.56. The fourth-order valence-electron chi connectivity index (χ4n) is 1.56. The molecule has 16 heavy (non-hydrogen) atoms. The van der Waals surface area contributed by atoms with Gasteiger partial charge in [0.1, 0.15) is 0 Å². The molecule has 2 aromatic rings. The second kappa shape index (κ2) is 4.75. The molecule has 3 nitrogen and oxygen atoms in total. The first kappa shape index (κ1) is 10.6. The van der Waals surface area contributed by atoms with Crippen LogP contribution < -0.4 is 0 Å². The van der Waals surface area contributed by atoms with Gasteiger partial charge in [0.25, 0.3) is 0 Å². The van der Waals surface area contributed by atoms with Gasteiger partial charge in [-0.15, -0.1) is 0 Å². The van der Waals surface area contributed by atoms with Crippen molar-refractivity contribution in [2.75, 3.05) is 0 Å². The Morgan fingerprint density at radius 3 is 2.62 bits per heavy atom. The third-order valence-electron chi connectivity index (χ3n) is 2.45. The molecule has 2 rings (SSSR count). The molecule has 0 atom stereocenters. The summed E-state index contributed by atoms with van der Waals surface area (Å²) in [7, 11) is 0. The average Bonchev–Trinajstić information content (AvgIpc) is 2.74. The van der Waals surface area contributed by atoms with Crippen LogP contribution >= 0.6 is 0 Å². The van der Waals surface area contributed by atoms with E-state index in [1.165, 1.54) is 10.2 Å². The Morgan fingerprint density at radius 2 is 2.00 bits per heavy atom. The minimum absolute atomic E-state index is 0.0388. The van der Waals surface area contributed by atoms with Crippen molar-refractivity contribution in [2.45, 2.75) is 19.8 Å². The average molecular weight is 214 g/mol. The number of nitrogens with zero attached hydrogens (tertiary/aromatic N) is 2. The molecule has 0 saturated heterocycles. The van der Waals surface area contributed by atoms with Crippen LogP contribution in [0.5, 0.6) is 0 Å². The van der Waals surface area contributed by atoms with Gasteiger partial charge in [0, 0.05) is 12.6 Å². The van der Waals surface area contributed by atoms with Crippen molar-refractivity contribution < 1.29 is 4.79 Å². The van der Waals surface area contributed by atoms with Crippen LogP contribution in [0.2, 0.25) is 0 Å². The van der Waals surface area contributed by atoms with Crippen LogP contribution in [-0.2, 0) is 6.42 Å². The molecule has 0 saturated carbocycles. The van der Waals surface area contributed by atoms with Gasteiger partial charge < -0.3 is 0 Å². The lowest BCUT2D eigenvalue weighted by atomic mass is 10.1. The molecule has 0 unspecified atom stereocenters. The third-order valence-corrected chi connectivity index (χ3v) is 2.45. The molecule has 3 heteroatoms. The normalized spacial score (nSPS) is 10.3. The summed E-state index contributed by atoms with van der Waals surface area (Å²) in [5.74, 6) is 0.0388. The molecule has 82 valence electrons. The van der Waals surface area contributed by atoms with Crippen LogP contribution in [0.1, 0.15) is 22.5 Å². The summed E-state index contributed by atoms with van der Waals surface area (Å²) in [4.78, 5) is 11.7. The van der Waals surface area contributed by atoms with E-state index < -0.39 is 0 Å². The number of hydrogen-bond donors (Lipinski definition) is 0. The van der Waals surface area contributed by atoms with E-state index in [1.807, 2.05) is 43.3 Å². The SMILES string of the molecule is Cc1ccn(C(=O)CCc2ccccc2)n1. The monoisotopic (exact) mass is 214 g/mol. The van der Waals surface area contributed by atoms with Gasteiger partial charge in [0.05, 0.1) is 5.69 Å². The molecule has 0 fully saturated rings. The van der Waals surface area contributed by atoms with Crippen molar-refractivity contribution in [3.05, 3.63) is 53.9 Å². The topological polar surface area (TPSA) is 34.9 Å². The quantitative estimate of drug-likeness (QED) is 0.786. The molecule has 0 spiro atoms. The Hall–Kier alpha value is -1.90. The summed E-state index contributed by atoms with van der Waals surface area (Å²) in [6, 6.07) is 11.8. The zero-order valence-electron chi connectivity index (χ0n) is 9.26. The maximum absolute atomic E-state index is 11.7. The van der Waals surface area contributed by atoms with E-state index in [0.29, 0.717) is 6.42 Å². The Labute approximate surface area is 94.7 Å². The Bertz CT molecular complexity index is 474. The Morgan fingerprint density at radius 1 is 1.25 bits per heavy atom. The number of aromatic nitrogens is 2. The molecule has 1 aromatic carbocycles. The fraction of sp³-hybridized carbons (Fsp3) is 0.231. The highest BCUT2D eigenvalue weighted by Crippen LogP contribution is 2.04. The van der Waals surface area contributed by atoms with Gasteiger partial charge in [-0.3, -0.25) is 4.79 Å². The largest absolute Gasteiger partial charge is 0.273 e. The van der Waals surface area contributed by atoms with Gasteiger partial charge in [0.15, 0.2) is 0 Å². The van der Waals surface area contributed by atoms with Gasteiger partial charge in [-0.25, -0.2) is 4.68 Å². The van der Waals surface area contributed by atoms with E-state index in [1.54, 1.807) is 6.20 Å². The minimum Gasteiger partial charge on any atom is -0.273 e. The van der Waals surface area contributed by atoms with Crippen LogP contribution in [0, 0.1) is 6.92 Å². The first-order valence-corrected chi connectivity index (χ1v) is 5.35. The predicted octanol–water partition coefficient (Wildman–Crippen LogP) is 2.46. The standard InChI is InChI=1S/C13H14N2O/c1-11-9-10-15(14-11)13(16)8-7-12-5-3-2-4-6-12/h2-6,9-10H,7-8H2,1H3. The van der Waals surface area contributed by atoms with Crippen LogP contribution in [0.25, 0.3) is 0 Å². The van der Waals surface area contributed by atoms with Gasteiger partial charge >= 0.3 is 0 Å². The number of benzene rings is 1. The number of aryl methyl sites for hydroxylation is 2. The lowest BCUT2D eigenvalue weighted by Crippen LogP contribution is -2.12. The van der Waals surface area contributed by atoms with Gasteiger partial charge in [-0.2, -0.15) is 5.10 Å². The van der Waals surface area contributed by atoms with Gasteiger partial charge in [-0.1, -0.05) is 30.3 Å². The maximum atomic E-state index is 11.7. The molecule has 0 amide bonds. The van der Waals surface area contributed by atoms with Crippen molar-refractivity contribution in [1.29, 1.82) is 0 Å². The predicted molar refractivity (Wildman–Crippen MR) is 62.4 cm³/mol.